The summed E-state index contributed by atoms with van der Waals surface area (Å²) in [4.78, 5) is 20.4. The number of hydrogen-bond acceptors (Lipinski definition) is 4. The molecule has 1 fully saturated rings. The number of thiazole rings is 1. The highest BCUT2D eigenvalue weighted by molar-refractivity contribution is 7.18. The molecular weight excluding hydrogens is 384 g/mol. The van der Waals surface area contributed by atoms with Crippen molar-refractivity contribution < 1.29 is 19.3 Å². The van der Waals surface area contributed by atoms with Crippen LogP contribution in [0.5, 0.6) is 5.75 Å². The van der Waals surface area contributed by atoms with Crippen molar-refractivity contribution in [2.24, 2.45) is 0 Å². The molecule has 4 rings (SSSR count). The fourth-order valence-electron chi connectivity index (χ4n) is 3.88. The van der Waals surface area contributed by atoms with Gasteiger partial charge in [0.05, 0.1) is 17.3 Å². The first kappa shape index (κ1) is 19.8. The molecule has 1 aliphatic heterocycles. The van der Waals surface area contributed by atoms with Crippen LogP contribution in [0.2, 0.25) is 0 Å². The molecule has 1 aliphatic rings. The van der Waals surface area contributed by atoms with Crippen LogP contribution in [-0.2, 0) is 11.3 Å². The maximum absolute atomic E-state index is 12.7. The summed E-state index contributed by atoms with van der Waals surface area (Å²) >= 11 is 1.79. The third kappa shape index (κ3) is 4.75. The molecule has 0 saturated carbocycles. The second-order valence-electron chi connectivity index (χ2n) is 7.60. The van der Waals surface area contributed by atoms with Crippen molar-refractivity contribution in [3.63, 3.8) is 0 Å². The molecule has 152 valence electrons. The number of carbonyl (C=O) groups is 1. The van der Waals surface area contributed by atoms with E-state index in [0.29, 0.717) is 0 Å². The molecule has 0 unspecified atom stereocenters. The SMILES string of the molecule is COc1cccc(NC(=O)[C@@H](C)[NH+]2CC[NH+](Cc3nc4ccccc4s3)CC2)c1. The Kier molecular flexibility index (Phi) is 6.08. The molecular formula is C22H28N4O2S+2. The molecule has 6 nitrogen and oxygen atoms in total. The van der Waals surface area contributed by atoms with E-state index in [2.05, 4.69) is 23.5 Å². The van der Waals surface area contributed by atoms with Crippen LogP contribution in [0.4, 0.5) is 5.69 Å². The lowest BCUT2D eigenvalue weighted by atomic mass is 10.2. The van der Waals surface area contributed by atoms with Crippen LogP contribution in [-0.4, -0.2) is 50.2 Å². The van der Waals surface area contributed by atoms with Gasteiger partial charge in [0.15, 0.2) is 6.04 Å². The number of anilines is 1. The Labute approximate surface area is 175 Å². The standard InChI is InChI=1S/C22H26N4O2S/c1-16(22(27)23-17-6-5-7-18(14-17)28-2)26-12-10-25(11-13-26)15-21-24-19-8-3-4-9-20(19)29-21/h3-9,14,16H,10-13,15H2,1-2H3,(H,23,27)/p+2/t16-/m1/s1. The normalized spacial score (nSPS) is 20.3. The molecule has 1 atom stereocenters. The Hall–Kier alpha value is -2.48. The summed E-state index contributed by atoms with van der Waals surface area (Å²) in [6.07, 6.45) is 0. The zero-order chi connectivity index (χ0) is 20.2. The van der Waals surface area contributed by atoms with Crippen molar-refractivity contribution in [3.05, 3.63) is 53.5 Å². The van der Waals surface area contributed by atoms with Crippen molar-refractivity contribution >= 4 is 33.1 Å². The number of carbonyl (C=O) groups excluding carboxylic acids is 1. The van der Waals surface area contributed by atoms with Crippen molar-refractivity contribution in [1.82, 2.24) is 4.98 Å². The molecule has 2 aromatic carbocycles. The second kappa shape index (κ2) is 8.90. The van der Waals surface area contributed by atoms with E-state index in [-0.39, 0.29) is 11.9 Å². The Morgan fingerprint density at radius 1 is 1.17 bits per heavy atom. The van der Waals surface area contributed by atoms with Crippen molar-refractivity contribution in [2.45, 2.75) is 19.5 Å². The third-order valence-corrected chi connectivity index (χ3v) is 6.72. The summed E-state index contributed by atoms with van der Waals surface area (Å²) in [7, 11) is 1.63. The molecule has 0 bridgehead atoms. The Balaban J connectivity index is 1.29. The van der Waals surface area contributed by atoms with E-state index in [1.54, 1.807) is 23.3 Å². The number of fused-ring (bicyclic) bond motifs is 1. The van der Waals surface area contributed by atoms with Crippen LogP contribution in [0.15, 0.2) is 48.5 Å². The molecule has 29 heavy (non-hydrogen) atoms. The summed E-state index contributed by atoms with van der Waals surface area (Å²) in [6, 6.07) is 15.7. The Bertz CT molecular complexity index is 949. The van der Waals surface area contributed by atoms with Gasteiger partial charge in [-0.15, -0.1) is 11.3 Å². The van der Waals surface area contributed by atoms with Gasteiger partial charge in [0.2, 0.25) is 0 Å². The number of piperazine rings is 1. The number of benzene rings is 2. The smallest absolute Gasteiger partial charge is 0.282 e. The first-order valence-corrected chi connectivity index (χ1v) is 10.9. The number of quaternary nitrogens is 2. The summed E-state index contributed by atoms with van der Waals surface area (Å²) in [5, 5.41) is 4.23. The van der Waals surface area contributed by atoms with Gasteiger partial charge in [0.25, 0.3) is 5.91 Å². The van der Waals surface area contributed by atoms with Gasteiger partial charge in [-0.05, 0) is 31.2 Å². The van der Waals surface area contributed by atoms with Crippen LogP contribution in [0.3, 0.4) is 0 Å². The van der Waals surface area contributed by atoms with Crippen molar-refractivity contribution in [1.29, 1.82) is 0 Å². The van der Waals surface area contributed by atoms with Gasteiger partial charge < -0.3 is 19.9 Å². The lowest BCUT2D eigenvalue weighted by molar-refractivity contribution is -1.02. The number of aromatic nitrogens is 1. The third-order valence-electron chi connectivity index (χ3n) is 5.68. The summed E-state index contributed by atoms with van der Waals surface area (Å²) in [6.45, 7) is 7.09. The Morgan fingerprint density at radius 3 is 2.72 bits per heavy atom. The molecule has 3 N–H and O–H groups in total. The van der Waals surface area contributed by atoms with E-state index in [1.807, 2.05) is 37.3 Å². The van der Waals surface area contributed by atoms with Crippen LogP contribution in [0.25, 0.3) is 10.2 Å². The predicted octanol–water partition coefficient (Wildman–Crippen LogP) is 0.616. The van der Waals surface area contributed by atoms with Crippen LogP contribution < -0.4 is 19.9 Å². The van der Waals surface area contributed by atoms with E-state index >= 15 is 0 Å². The lowest BCUT2D eigenvalue weighted by Gasteiger charge is -2.32. The van der Waals surface area contributed by atoms with Crippen LogP contribution >= 0.6 is 11.3 Å². The monoisotopic (exact) mass is 412 g/mol. The molecule has 2 heterocycles. The number of nitrogens with one attached hydrogen (secondary N) is 3. The molecule has 3 aromatic rings. The van der Waals surface area contributed by atoms with Gasteiger partial charge in [-0.25, -0.2) is 4.98 Å². The molecule has 0 aliphatic carbocycles. The molecule has 7 heteroatoms. The largest absolute Gasteiger partial charge is 0.497 e. The van der Waals surface area contributed by atoms with E-state index in [0.717, 1.165) is 49.7 Å². The quantitative estimate of drug-likeness (QED) is 0.556. The predicted molar refractivity (Wildman–Crippen MR) is 116 cm³/mol. The number of nitrogens with zero attached hydrogens (tertiary/aromatic N) is 1. The van der Waals surface area contributed by atoms with Crippen molar-refractivity contribution in [3.8, 4) is 5.75 Å². The topological polar surface area (TPSA) is 60.1 Å². The molecule has 1 saturated heterocycles. The molecule has 1 amide bonds. The van der Waals surface area contributed by atoms with Crippen LogP contribution in [0.1, 0.15) is 11.9 Å². The van der Waals surface area contributed by atoms with E-state index < -0.39 is 0 Å². The number of ether oxygens (including phenoxy) is 1. The van der Waals surface area contributed by atoms with Gasteiger partial charge in [-0.3, -0.25) is 4.79 Å². The number of hydrogen-bond donors (Lipinski definition) is 3. The highest BCUT2D eigenvalue weighted by atomic mass is 32.1. The number of methoxy groups -OCH3 is 1. The van der Waals surface area contributed by atoms with Crippen molar-refractivity contribution in [2.75, 3.05) is 38.6 Å². The van der Waals surface area contributed by atoms with E-state index in [9.17, 15) is 4.79 Å². The maximum Gasteiger partial charge on any atom is 0.282 e. The van der Waals surface area contributed by atoms with E-state index in [4.69, 9.17) is 9.72 Å². The minimum atomic E-state index is -0.0785. The van der Waals surface area contributed by atoms with Gasteiger partial charge >= 0.3 is 0 Å². The first-order valence-electron chi connectivity index (χ1n) is 10.1. The summed E-state index contributed by atoms with van der Waals surface area (Å²) in [5.41, 5.74) is 1.87. The highest BCUT2D eigenvalue weighted by Gasteiger charge is 2.31. The number of para-hydroxylation sites is 1. The summed E-state index contributed by atoms with van der Waals surface area (Å²) < 4.78 is 6.49. The fraction of sp³-hybridized carbons (Fsp3) is 0.364. The van der Waals surface area contributed by atoms with Gasteiger partial charge in [-0.1, -0.05) is 18.2 Å². The molecule has 1 aromatic heterocycles. The van der Waals surface area contributed by atoms with Gasteiger partial charge in [-0.2, -0.15) is 0 Å². The van der Waals surface area contributed by atoms with Crippen LogP contribution in [0, 0.1) is 0 Å². The van der Waals surface area contributed by atoms with Gasteiger partial charge in [0, 0.05) is 11.8 Å². The minimum Gasteiger partial charge on any atom is -0.497 e. The maximum atomic E-state index is 12.7. The second-order valence-corrected chi connectivity index (χ2v) is 8.72. The number of amides is 1. The summed E-state index contributed by atoms with van der Waals surface area (Å²) in [5.74, 6) is 0.803. The minimum absolute atomic E-state index is 0.0582. The fourth-order valence-corrected chi connectivity index (χ4v) is 4.92. The Morgan fingerprint density at radius 2 is 1.97 bits per heavy atom. The van der Waals surface area contributed by atoms with Gasteiger partial charge in [0.1, 0.15) is 43.5 Å². The lowest BCUT2D eigenvalue weighted by Crippen LogP contribution is -3.29. The molecule has 0 radical (unpaired) electrons. The molecule has 0 spiro atoms. The van der Waals surface area contributed by atoms with E-state index in [1.165, 1.54) is 14.6 Å². The zero-order valence-corrected chi connectivity index (χ0v) is 17.7. The average molecular weight is 413 g/mol. The average Bonchev–Trinajstić information content (AvgIpc) is 3.16. The number of rotatable bonds is 6. The highest BCUT2D eigenvalue weighted by Crippen LogP contribution is 2.20. The first-order chi connectivity index (χ1) is 14.1. The zero-order valence-electron chi connectivity index (χ0n) is 16.9.